The molecule has 3 rings (SSSR count). The van der Waals surface area contributed by atoms with E-state index in [4.69, 9.17) is 23.2 Å². The quantitative estimate of drug-likeness (QED) is 0.665. The number of nitrogens with zero attached hydrogens (tertiary/aromatic N) is 1. The normalized spacial score (nSPS) is 15.1. The second-order valence-corrected chi connectivity index (χ2v) is 10.2. The van der Waals surface area contributed by atoms with Crippen LogP contribution in [-0.4, -0.2) is 26.6 Å². The molecule has 1 amide bonds. The number of benzene rings is 2. The molecular weight excluding hydrogens is 431 g/mol. The number of amides is 1. The molecule has 1 aliphatic rings. The topological polar surface area (TPSA) is 66.5 Å². The van der Waals surface area contributed by atoms with E-state index < -0.39 is 10.0 Å². The Kier molecular flexibility index (Phi) is 7.09. The molecule has 0 heterocycles. The summed E-state index contributed by atoms with van der Waals surface area (Å²) in [6, 6.07) is 11.9. The highest BCUT2D eigenvalue weighted by Crippen LogP contribution is 2.28. The fourth-order valence-electron chi connectivity index (χ4n) is 3.53. The Morgan fingerprint density at radius 3 is 2.17 bits per heavy atom. The summed E-state index contributed by atoms with van der Waals surface area (Å²) in [6.45, 7) is 0.111. The van der Waals surface area contributed by atoms with Gasteiger partial charge in [0.1, 0.15) is 0 Å². The Labute approximate surface area is 182 Å². The van der Waals surface area contributed by atoms with E-state index in [0.717, 1.165) is 37.5 Å². The Bertz CT molecular complexity index is 952. The molecular formula is C21H24Cl2N2O3S. The van der Waals surface area contributed by atoms with Crippen molar-refractivity contribution in [2.45, 2.75) is 44.7 Å². The van der Waals surface area contributed by atoms with Crippen LogP contribution < -0.4 is 9.62 Å². The Balaban J connectivity index is 1.74. The van der Waals surface area contributed by atoms with E-state index >= 15 is 0 Å². The predicted octanol–water partition coefficient (Wildman–Crippen LogP) is 5.02. The van der Waals surface area contributed by atoms with E-state index in [-0.39, 0.29) is 18.5 Å². The van der Waals surface area contributed by atoms with Crippen LogP contribution in [0.5, 0.6) is 0 Å². The van der Waals surface area contributed by atoms with Gasteiger partial charge in [0.05, 0.1) is 18.5 Å². The minimum absolute atomic E-state index is 0.0926. The van der Waals surface area contributed by atoms with Crippen molar-refractivity contribution < 1.29 is 13.2 Å². The van der Waals surface area contributed by atoms with Crippen molar-refractivity contribution in [3.63, 3.8) is 0 Å². The molecule has 1 fully saturated rings. The van der Waals surface area contributed by atoms with Crippen LogP contribution in [0.4, 0.5) is 5.69 Å². The van der Waals surface area contributed by atoms with Crippen molar-refractivity contribution in [2.75, 3.05) is 10.6 Å². The molecule has 0 atom stereocenters. The van der Waals surface area contributed by atoms with Gasteiger partial charge in [-0.25, -0.2) is 8.42 Å². The SMILES string of the molecule is CS(=O)(=O)N(Cc1ccc(C(=O)NC2CCCCC2)cc1)c1cc(Cl)cc(Cl)c1. The number of nitrogens with one attached hydrogen (secondary N) is 1. The summed E-state index contributed by atoms with van der Waals surface area (Å²) >= 11 is 12.1. The number of hydrogen-bond donors (Lipinski definition) is 1. The van der Waals surface area contributed by atoms with Crippen LogP contribution in [0.15, 0.2) is 42.5 Å². The monoisotopic (exact) mass is 454 g/mol. The van der Waals surface area contributed by atoms with Crippen LogP contribution in [0.1, 0.15) is 48.0 Å². The van der Waals surface area contributed by atoms with Crippen molar-refractivity contribution in [1.82, 2.24) is 5.32 Å². The lowest BCUT2D eigenvalue weighted by molar-refractivity contribution is 0.0927. The average Bonchev–Trinajstić information content (AvgIpc) is 2.65. The molecule has 2 aromatic rings. The Hall–Kier alpha value is -1.76. The van der Waals surface area contributed by atoms with Crippen molar-refractivity contribution in [3.8, 4) is 0 Å². The minimum Gasteiger partial charge on any atom is -0.349 e. The predicted molar refractivity (Wildman–Crippen MR) is 118 cm³/mol. The minimum atomic E-state index is -3.56. The maximum atomic E-state index is 12.5. The van der Waals surface area contributed by atoms with Gasteiger partial charge in [-0.05, 0) is 48.7 Å². The summed E-state index contributed by atoms with van der Waals surface area (Å²) in [5, 5.41) is 3.80. The summed E-state index contributed by atoms with van der Waals surface area (Å²) in [5.74, 6) is -0.0926. The molecule has 1 aliphatic carbocycles. The number of carbonyl (C=O) groups is 1. The molecule has 156 valence electrons. The number of rotatable bonds is 6. The first kappa shape index (κ1) is 21.9. The number of anilines is 1. The third kappa shape index (κ3) is 6.11. The van der Waals surface area contributed by atoms with Crippen molar-refractivity contribution in [2.24, 2.45) is 0 Å². The number of hydrogen-bond acceptors (Lipinski definition) is 3. The fourth-order valence-corrected chi connectivity index (χ4v) is 4.91. The fraction of sp³-hybridized carbons (Fsp3) is 0.381. The largest absolute Gasteiger partial charge is 0.349 e. The van der Waals surface area contributed by atoms with Crippen molar-refractivity contribution in [1.29, 1.82) is 0 Å². The molecule has 0 unspecified atom stereocenters. The van der Waals surface area contributed by atoms with Gasteiger partial charge in [-0.3, -0.25) is 9.10 Å². The van der Waals surface area contributed by atoms with Gasteiger partial charge in [-0.1, -0.05) is 54.6 Å². The molecule has 0 aliphatic heterocycles. The molecule has 1 saturated carbocycles. The zero-order chi connectivity index (χ0) is 21.0. The van der Waals surface area contributed by atoms with Crippen molar-refractivity contribution >= 4 is 44.8 Å². The Morgan fingerprint density at radius 2 is 1.62 bits per heavy atom. The lowest BCUT2D eigenvalue weighted by Gasteiger charge is -2.24. The molecule has 0 radical (unpaired) electrons. The summed E-state index contributed by atoms with van der Waals surface area (Å²) in [7, 11) is -3.56. The van der Waals surface area contributed by atoms with Gasteiger partial charge in [0.2, 0.25) is 10.0 Å². The van der Waals surface area contributed by atoms with Gasteiger partial charge >= 0.3 is 0 Å². The van der Waals surface area contributed by atoms with Crippen molar-refractivity contribution in [3.05, 3.63) is 63.6 Å². The van der Waals surface area contributed by atoms with Gasteiger partial charge in [-0.2, -0.15) is 0 Å². The first-order valence-corrected chi connectivity index (χ1v) is 12.2. The third-order valence-corrected chi connectivity index (χ3v) is 6.60. The van der Waals surface area contributed by atoms with Gasteiger partial charge in [-0.15, -0.1) is 0 Å². The van der Waals surface area contributed by atoms with E-state index in [1.54, 1.807) is 42.5 Å². The van der Waals surface area contributed by atoms with E-state index in [0.29, 0.717) is 21.3 Å². The van der Waals surface area contributed by atoms with Crippen LogP contribution in [0, 0.1) is 0 Å². The molecule has 0 saturated heterocycles. The first-order chi connectivity index (χ1) is 13.7. The molecule has 1 N–H and O–H groups in total. The van der Waals surface area contributed by atoms with Gasteiger partial charge in [0, 0.05) is 21.7 Å². The van der Waals surface area contributed by atoms with Crippen LogP contribution in [-0.2, 0) is 16.6 Å². The van der Waals surface area contributed by atoms with Gasteiger partial charge < -0.3 is 5.32 Å². The first-order valence-electron chi connectivity index (χ1n) is 9.56. The van der Waals surface area contributed by atoms with E-state index in [9.17, 15) is 13.2 Å². The molecule has 29 heavy (non-hydrogen) atoms. The average molecular weight is 455 g/mol. The van der Waals surface area contributed by atoms with E-state index in [1.807, 2.05) is 0 Å². The summed E-state index contributed by atoms with van der Waals surface area (Å²) < 4.78 is 25.9. The lowest BCUT2D eigenvalue weighted by Crippen LogP contribution is -2.36. The van der Waals surface area contributed by atoms with Gasteiger partial charge in [0.15, 0.2) is 0 Å². The van der Waals surface area contributed by atoms with E-state index in [2.05, 4.69) is 5.32 Å². The zero-order valence-corrected chi connectivity index (χ0v) is 18.5. The van der Waals surface area contributed by atoms with Crippen LogP contribution in [0.3, 0.4) is 0 Å². The van der Waals surface area contributed by atoms with Crippen LogP contribution in [0.2, 0.25) is 10.0 Å². The second kappa shape index (κ2) is 9.37. The standard InChI is InChI=1S/C21H24Cl2N2O3S/c1-29(27,28)25(20-12-17(22)11-18(23)13-20)14-15-7-9-16(10-8-15)21(26)24-19-5-3-2-4-6-19/h7-13,19H,2-6,14H2,1H3,(H,24,26). The number of sulfonamides is 1. The highest BCUT2D eigenvalue weighted by Gasteiger charge is 2.20. The number of carbonyl (C=O) groups excluding carboxylic acids is 1. The van der Waals surface area contributed by atoms with Crippen LogP contribution >= 0.6 is 23.2 Å². The highest BCUT2D eigenvalue weighted by molar-refractivity contribution is 7.92. The maximum absolute atomic E-state index is 12.5. The number of halogens is 2. The second-order valence-electron chi connectivity index (χ2n) is 7.40. The molecule has 8 heteroatoms. The highest BCUT2D eigenvalue weighted by atomic mass is 35.5. The molecule has 0 aromatic heterocycles. The van der Waals surface area contributed by atoms with Gasteiger partial charge in [0.25, 0.3) is 5.91 Å². The summed E-state index contributed by atoms with van der Waals surface area (Å²) in [4.78, 5) is 12.5. The smallest absolute Gasteiger partial charge is 0.251 e. The Morgan fingerprint density at radius 1 is 1.03 bits per heavy atom. The third-order valence-electron chi connectivity index (χ3n) is 5.02. The lowest BCUT2D eigenvalue weighted by atomic mass is 9.95. The molecule has 0 spiro atoms. The zero-order valence-electron chi connectivity index (χ0n) is 16.2. The summed E-state index contributed by atoms with van der Waals surface area (Å²) in [5.41, 5.74) is 1.71. The van der Waals surface area contributed by atoms with E-state index in [1.165, 1.54) is 10.7 Å². The molecule has 5 nitrogen and oxygen atoms in total. The molecule has 2 aromatic carbocycles. The van der Waals surface area contributed by atoms with Crippen LogP contribution in [0.25, 0.3) is 0 Å². The molecule has 0 bridgehead atoms. The summed E-state index contributed by atoms with van der Waals surface area (Å²) in [6.07, 6.45) is 6.71. The maximum Gasteiger partial charge on any atom is 0.251 e.